The van der Waals surface area contributed by atoms with Crippen LogP contribution in [0.1, 0.15) is 22.3 Å². The van der Waals surface area contributed by atoms with Crippen LogP contribution in [0.15, 0.2) is 53.4 Å². The molecule has 21 heavy (non-hydrogen) atoms. The molecule has 0 atom stereocenters. The summed E-state index contributed by atoms with van der Waals surface area (Å²) in [6.07, 6.45) is 0.375. The molecule has 0 radical (unpaired) electrons. The second-order valence-electron chi connectivity index (χ2n) is 4.63. The zero-order valence-electron chi connectivity index (χ0n) is 11.7. The number of benzene rings is 2. The number of fused-ring (bicyclic) bond motifs is 1. The fourth-order valence-corrected chi connectivity index (χ4v) is 3.77. The van der Waals surface area contributed by atoms with Gasteiger partial charge in [0.25, 0.3) is 0 Å². The lowest BCUT2D eigenvalue weighted by atomic mass is 10.1. The number of thiazole rings is 1. The van der Waals surface area contributed by atoms with Crippen LogP contribution >= 0.6 is 23.1 Å². The van der Waals surface area contributed by atoms with Gasteiger partial charge < -0.3 is 0 Å². The number of para-hydroxylation sites is 1. The first-order valence-corrected chi connectivity index (χ1v) is 8.67. The Morgan fingerprint density at radius 2 is 1.90 bits per heavy atom. The Morgan fingerprint density at radius 1 is 1.14 bits per heavy atom. The van der Waals surface area contributed by atoms with E-state index in [0.29, 0.717) is 6.42 Å². The number of Topliss-reactive ketones (excluding diaryl/α,β-unsaturated/α-hetero) is 1. The SMILES string of the molecule is CCSc1ccc(C(=O)Cc2nc3ccccc3s2)cc1. The Morgan fingerprint density at radius 3 is 2.62 bits per heavy atom. The van der Waals surface area contributed by atoms with Gasteiger partial charge in [-0.05, 0) is 30.0 Å². The summed E-state index contributed by atoms with van der Waals surface area (Å²) < 4.78 is 1.13. The predicted molar refractivity (Wildman–Crippen MR) is 90.5 cm³/mol. The minimum Gasteiger partial charge on any atom is -0.294 e. The molecule has 0 spiro atoms. The van der Waals surface area contributed by atoms with E-state index in [1.54, 1.807) is 23.1 Å². The number of carbonyl (C=O) groups is 1. The van der Waals surface area contributed by atoms with Gasteiger partial charge in [-0.1, -0.05) is 31.2 Å². The topological polar surface area (TPSA) is 30.0 Å². The highest BCUT2D eigenvalue weighted by molar-refractivity contribution is 7.99. The van der Waals surface area contributed by atoms with Crippen molar-refractivity contribution in [2.24, 2.45) is 0 Å². The lowest BCUT2D eigenvalue weighted by Gasteiger charge is -2.01. The van der Waals surface area contributed by atoms with Crippen LogP contribution in [0.2, 0.25) is 0 Å². The Balaban J connectivity index is 1.76. The first-order valence-electron chi connectivity index (χ1n) is 6.87. The smallest absolute Gasteiger partial charge is 0.169 e. The number of aromatic nitrogens is 1. The largest absolute Gasteiger partial charge is 0.294 e. The average molecular weight is 313 g/mol. The molecule has 0 fully saturated rings. The van der Waals surface area contributed by atoms with Gasteiger partial charge in [0.15, 0.2) is 5.78 Å². The first kappa shape index (κ1) is 14.3. The molecule has 1 heterocycles. The van der Waals surface area contributed by atoms with E-state index in [-0.39, 0.29) is 5.78 Å². The van der Waals surface area contributed by atoms with E-state index >= 15 is 0 Å². The number of hydrogen-bond donors (Lipinski definition) is 0. The van der Waals surface area contributed by atoms with Crippen molar-refractivity contribution in [1.82, 2.24) is 4.98 Å². The van der Waals surface area contributed by atoms with Crippen molar-refractivity contribution in [3.63, 3.8) is 0 Å². The third-order valence-corrected chi connectivity index (χ3v) is 5.07. The molecule has 0 unspecified atom stereocenters. The molecule has 0 bridgehead atoms. The summed E-state index contributed by atoms with van der Waals surface area (Å²) in [6.45, 7) is 2.12. The van der Waals surface area contributed by atoms with Crippen molar-refractivity contribution in [3.05, 3.63) is 59.1 Å². The molecule has 0 amide bonds. The van der Waals surface area contributed by atoms with Crippen molar-refractivity contribution in [2.75, 3.05) is 5.75 Å². The quantitative estimate of drug-likeness (QED) is 0.499. The van der Waals surface area contributed by atoms with E-state index in [2.05, 4.69) is 11.9 Å². The lowest BCUT2D eigenvalue weighted by molar-refractivity contribution is 0.0993. The Hall–Kier alpha value is -1.65. The standard InChI is InChI=1S/C17H15NOS2/c1-2-20-13-9-7-12(8-10-13)15(19)11-17-18-14-5-3-4-6-16(14)21-17/h3-10H,2,11H2,1H3. The summed E-state index contributed by atoms with van der Waals surface area (Å²) in [6, 6.07) is 15.8. The molecular formula is C17H15NOS2. The minimum absolute atomic E-state index is 0.127. The van der Waals surface area contributed by atoms with Gasteiger partial charge in [0.1, 0.15) is 5.01 Å². The average Bonchev–Trinajstić information content (AvgIpc) is 2.90. The first-order chi connectivity index (χ1) is 10.3. The normalized spacial score (nSPS) is 10.9. The Kier molecular flexibility index (Phi) is 4.36. The Labute approximate surface area is 132 Å². The van der Waals surface area contributed by atoms with Crippen molar-refractivity contribution < 1.29 is 4.79 Å². The van der Waals surface area contributed by atoms with Crippen LogP contribution in [-0.2, 0) is 6.42 Å². The highest BCUT2D eigenvalue weighted by Gasteiger charge is 2.11. The minimum atomic E-state index is 0.127. The molecular weight excluding hydrogens is 298 g/mol. The number of nitrogens with zero attached hydrogens (tertiary/aromatic N) is 1. The molecule has 4 heteroatoms. The fourth-order valence-electron chi connectivity index (χ4n) is 2.14. The fraction of sp³-hybridized carbons (Fsp3) is 0.176. The lowest BCUT2D eigenvalue weighted by Crippen LogP contribution is -2.02. The summed E-state index contributed by atoms with van der Waals surface area (Å²) in [7, 11) is 0. The van der Waals surface area contributed by atoms with Crippen LogP contribution in [0.25, 0.3) is 10.2 Å². The van der Waals surface area contributed by atoms with E-state index in [9.17, 15) is 4.79 Å². The Bertz CT molecular complexity index is 729. The maximum atomic E-state index is 12.3. The highest BCUT2D eigenvalue weighted by Crippen LogP contribution is 2.23. The predicted octanol–water partition coefficient (Wildman–Crippen LogP) is 4.83. The van der Waals surface area contributed by atoms with Gasteiger partial charge in [-0.25, -0.2) is 4.98 Å². The maximum absolute atomic E-state index is 12.3. The van der Waals surface area contributed by atoms with Gasteiger partial charge in [-0.3, -0.25) is 4.79 Å². The van der Waals surface area contributed by atoms with Crippen LogP contribution in [0.5, 0.6) is 0 Å². The van der Waals surface area contributed by atoms with Gasteiger partial charge in [0, 0.05) is 10.5 Å². The van der Waals surface area contributed by atoms with Gasteiger partial charge in [-0.2, -0.15) is 0 Å². The van der Waals surface area contributed by atoms with E-state index < -0.39 is 0 Å². The van der Waals surface area contributed by atoms with E-state index in [1.807, 2.05) is 48.5 Å². The number of hydrogen-bond acceptors (Lipinski definition) is 4. The van der Waals surface area contributed by atoms with Gasteiger partial charge in [0.05, 0.1) is 16.6 Å². The number of carbonyl (C=O) groups excluding carboxylic acids is 1. The van der Waals surface area contributed by atoms with Gasteiger partial charge >= 0.3 is 0 Å². The summed E-state index contributed by atoms with van der Waals surface area (Å²) in [5.74, 6) is 1.17. The van der Waals surface area contributed by atoms with Crippen LogP contribution in [0, 0.1) is 0 Å². The van der Waals surface area contributed by atoms with Crippen LogP contribution in [-0.4, -0.2) is 16.5 Å². The zero-order chi connectivity index (χ0) is 14.7. The van der Waals surface area contributed by atoms with Crippen molar-refractivity contribution in [1.29, 1.82) is 0 Å². The third-order valence-electron chi connectivity index (χ3n) is 3.14. The molecule has 1 aromatic heterocycles. The molecule has 3 aromatic rings. The molecule has 0 aliphatic carbocycles. The molecule has 0 aliphatic heterocycles. The van der Waals surface area contributed by atoms with Crippen LogP contribution < -0.4 is 0 Å². The molecule has 0 N–H and O–H groups in total. The second kappa shape index (κ2) is 6.41. The van der Waals surface area contributed by atoms with Crippen molar-refractivity contribution in [3.8, 4) is 0 Å². The van der Waals surface area contributed by atoms with Crippen LogP contribution in [0.3, 0.4) is 0 Å². The van der Waals surface area contributed by atoms with Crippen molar-refractivity contribution >= 4 is 39.1 Å². The van der Waals surface area contributed by atoms with E-state index in [4.69, 9.17) is 0 Å². The highest BCUT2D eigenvalue weighted by atomic mass is 32.2. The summed E-state index contributed by atoms with van der Waals surface area (Å²) in [4.78, 5) is 18.0. The molecule has 0 saturated carbocycles. The molecule has 3 rings (SSSR count). The monoisotopic (exact) mass is 313 g/mol. The molecule has 0 aliphatic rings. The summed E-state index contributed by atoms with van der Waals surface area (Å²) in [5, 5.41) is 0.883. The second-order valence-corrected chi connectivity index (χ2v) is 7.09. The number of rotatable bonds is 5. The number of ketones is 1. The molecule has 2 nitrogen and oxygen atoms in total. The van der Waals surface area contributed by atoms with Gasteiger partial charge in [-0.15, -0.1) is 23.1 Å². The molecule has 106 valence electrons. The molecule has 2 aromatic carbocycles. The van der Waals surface area contributed by atoms with Crippen molar-refractivity contribution in [2.45, 2.75) is 18.2 Å². The van der Waals surface area contributed by atoms with E-state index in [1.165, 1.54) is 4.90 Å². The van der Waals surface area contributed by atoms with Crippen LogP contribution in [0.4, 0.5) is 0 Å². The maximum Gasteiger partial charge on any atom is 0.169 e. The van der Waals surface area contributed by atoms with E-state index in [0.717, 1.165) is 26.5 Å². The summed E-state index contributed by atoms with van der Waals surface area (Å²) >= 11 is 3.38. The third kappa shape index (κ3) is 3.34. The number of thioether (sulfide) groups is 1. The summed E-state index contributed by atoms with van der Waals surface area (Å²) in [5.41, 5.74) is 1.73. The van der Waals surface area contributed by atoms with Gasteiger partial charge in [0.2, 0.25) is 0 Å². The zero-order valence-corrected chi connectivity index (χ0v) is 13.3. The molecule has 0 saturated heterocycles.